The number of carbonyl (C=O) groups is 2. The van der Waals surface area contributed by atoms with E-state index in [0.717, 1.165) is 31.7 Å². The number of carbonyl (C=O) groups excluding carboxylic acids is 2. The van der Waals surface area contributed by atoms with Crippen LogP contribution in [0.25, 0.3) is 0 Å². The fourth-order valence-electron chi connectivity index (χ4n) is 2.29. The molecule has 1 aliphatic rings. The lowest BCUT2D eigenvalue weighted by atomic mass is 10.3. The predicted molar refractivity (Wildman–Crippen MR) is 76.3 cm³/mol. The largest absolute Gasteiger partial charge is 0.461 e. The molecule has 0 aromatic heterocycles. The molecule has 7 heteroatoms. The summed E-state index contributed by atoms with van der Waals surface area (Å²) in [4.78, 5) is 23.5. The minimum absolute atomic E-state index is 0.0968. The third-order valence-corrected chi connectivity index (χ3v) is 3.49. The molecule has 2 amide bonds. The summed E-state index contributed by atoms with van der Waals surface area (Å²) in [7, 11) is 0. The first-order chi connectivity index (χ1) is 10.5. The van der Waals surface area contributed by atoms with Crippen LogP contribution in [-0.4, -0.2) is 24.1 Å². The molecule has 2 rings (SSSR count). The first kappa shape index (κ1) is 16.2. The van der Waals surface area contributed by atoms with Crippen molar-refractivity contribution >= 4 is 17.7 Å². The highest BCUT2D eigenvalue weighted by Crippen LogP contribution is 2.21. The third kappa shape index (κ3) is 4.16. The number of hydrogen-bond donors (Lipinski definition) is 2. The topological polar surface area (TPSA) is 67.4 Å². The molecule has 0 radical (unpaired) electrons. The van der Waals surface area contributed by atoms with Gasteiger partial charge in [-0.1, -0.05) is 6.07 Å². The summed E-state index contributed by atoms with van der Waals surface area (Å²) in [6.07, 6.45) is 3.62. The van der Waals surface area contributed by atoms with Crippen molar-refractivity contribution in [2.75, 3.05) is 5.32 Å². The van der Waals surface area contributed by atoms with Crippen molar-refractivity contribution in [3.05, 3.63) is 29.8 Å². The molecule has 0 aliphatic heterocycles. The summed E-state index contributed by atoms with van der Waals surface area (Å²) in [5.41, 5.74) is -0.297. The Bertz CT molecular complexity index is 560. The zero-order valence-corrected chi connectivity index (χ0v) is 12.2. The molecular weight excluding hydrogens is 294 g/mol. The highest BCUT2D eigenvalue weighted by molar-refractivity contribution is 5.92. The summed E-state index contributed by atoms with van der Waals surface area (Å²) in [5, 5.41) is 4.49. The van der Waals surface area contributed by atoms with Gasteiger partial charge in [0.25, 0.3) is 0 Å². The summed E-state index contributed by atoms with van der Waals surface area (Å²) in [5.74, 6) is -2.76. The van der Waals surface area contributed by atoms with Crippen LogP contribution in [0.1, 0.15) is 32.6 Å². The van der Waals surface area contributed by atoms with E-state index in [4.69, 9.17) is 4.74 Å². The maximum atomic E-state index is 13.4. The minimum Gasteiger partial charge on any atom is -0.461 e. The fourth-order valence-corrected chi connectivity index (χ4v) is 2.29. The Kier molecular flexibility index (Phi) is 5.30. The molecule has 0 spiro atoms. The van der Waals surface area contributed by atoms with Crippen LogP contribution in [0.5, 0.6) is 0 Å². The zero-order chi connectivity index (χ0) is 16.1. The van der Waals surface area contributed by atoms with Gasteiger partial charge in [0.2, 0.25) is 0 Å². The van der Waals surface area contributed by atoms with Gasteiger partial charge in [-0.3, -0.25) is 0 Å². The maximum absolute atomic E-state index is 13.4. The zero-order valence-electron chi connectivity index (χ0n) is 12.2. The van der Waals surface area contributed by atoms with Crippen molar-refractivity contribution in [2.45, 2.75) is 44.8 Å². The van der Waals surface area contributed by atoms with E-state index in [2.05, 4.69) is 10.6 Å². The molecule has 5 nitrogen and oxygen atoms in total. The smallest absolute Gasteiger partial charge is 0.328 e. The van der Waals surface area contributed by atoms with Crippen molar-refractivity contribution in [1.29, 1.82) is 0 Å². The first-order valence-corrected chi connectivity index (χ1v) is 7.19. The van der Waals surface area contributed by atoms with Gasteiger partial charge in [0.1, 0.15) is 12.1 Å². The van der Waals surface area contributed by atoms with Gasteiger partial charge in [-0.25, -0.2) is 18.4 Å². The number of amides is 2. The monoisotopic (exact) mass is 312 g/mol. The fraction of sp³-hybridized carbons (Fsp3) is 0.467. The van der Waals surface area contributed by atoms with Crippen LogP contribution in [0.2, 0.25) is 0 Å². The molecule has 1 atom stereocenters. The Morgan fingerprint density at radius 3 is 2.64 bits per heavy atom. The molecule has 0 saturated heterocycles. The summed E-state index contributed by atoms with van der Waals surface area (Å²) in [6.45, 7) is 1.47. The van der Waals surface area contributed by atoms with Crippen molar-refractivity contribution in [2.24, 2.45) is 0 Å². The van der Waals surface area contributed by atoms with Crippen molar-refractivity contribution < 1.29 is 23.1 Å². The maximum Gasteiger partial charge on any atom is 0.328 e. The Morgan fingerprint density at radius 2 is 1.95 bits per heavy atom. The summed E-state index contributed by atoms with van der Waals surface area (Å²) < 4.78 is 31.7. The number of hydrogen-bond acceptors (Lipinski definition) is 3. The number of urea groups is 1. The van der Waals surface area contributed by atoms with Crippen LogP contribution in [0.3, 0.4) is 0 Å². The molecule has 1 aliphatic carbocycles. The SMILES string of the molecule is C[C@H](NC(=O)Nc1cccc(F)c1F)C(=O)OC1CCCC1. The molecule has 1 fully saturated rings. The lowest BCUT2D eigenvalue weighted by Crippen LogP contribution is -2.42. The Morgan fingerprint density at radius 1 is 1.27 bits per heavy atom. The molecule has 120 valence electrons. The van der Waals surface area contributed by atoms with Gasteiger partial charge < -0.3 is 15.4 Å². The van der Waals surface area contributed by atoms with Gasteiger partial charge in [-0.2, -0.15) is 0 Å². The highest BCUT2D eigenvalue weighted by Gasteiger charge is 2.24. The summed E-state index contributed by atoms with van der Waals surface area (Å²) in [6, 6.07) is 1.75. The first-order valence-electron chi connectivity index (χ1n) is 7.19. The second kappa shape index (κ2) is 7.20. The number of halogens is 2. The normalized spacial score (nSPS) is 16.1. The average molecular weight is 312 g/mol. The van der Waals surface area contributed by atoms with E-state index >= 15 is 0 Å². The van der Waals surface area contributed by atoms with E-state index in [-0.39, 0.29) is 11.8 Å². The highest BCUT2D eigenvalue weighted by atomic mass is 19.2. The Hall–Kier alpha value is -2.18. The number of benzene rings is 1. The van der Waals surface area contributed by atoms with Crippen LogP contribution in [0, 0.1) is 11.6 Å². The molecule has 2 N–H and O–H groups in total. The Balaban J connectivity index is 1.85. The molecular formula is C15H18F2N2O3. The third-order valence-electron chi connectivity index (χ3n) is 3.49. The van der Waals surface area contributed by atoms with Crippen molar-refractivity contribution in [3.63, 3.8) is 0 Å². The second-order valence-corrected chi connectivity index (χ2v) is 5.26. The molecule has 0 bridgehead atoms. The molecule has 1 saturated carbocycles. The molecule has 1 aromatic carbocycles. The Labute approximate surface area is 127 Å². The van der Waals surface area contributed by atoms with Gasteiger partial charge in [0.05, 0.1) is 5.69 Å². The van der Waals surface area contributed by atoms with E-state index in [1.54, 1.807) is 0 Å². The number of nitrogens with one attached hydrogen (secondary N) is 2. The molecule has 0 unspecified atom stereocenters. The summed E-state index contributed by atoms with van der Waals surface area (Å²) >= 11 is 0. The van der Waals surface area contributed by atoms with Gasteiger partial charge in [0, 0.05) is 0 Å². The standard InChI is InChI=1S/C15H18F2N2O3/c1-9(14(20)22-10-5-2-3-6-10)18-15(21)19-12-8-4-7-11(16)13(12)17/h4,7-10H,2-3,5-6H2,1H3,(H2,18,19,21)/t9-/m0/s1. The average Bonchev–Trinajstić information content (AvgIpc) is 2.96. The number of rotatable bonds is 4. The van der Waals surface area contributed by atoms with Gasteiger partial charge in [-0.15, -0.1) is 0 Å². The molecule has 1 aromatic rings. The van der Waals surface area contributed by atoms with E-state index in [0.29, 0.717) is 0 Å². The van der Waals surface area contributed by atoms with Crippen LogP contribution in [-0.2, 0) is 9.53 Å². The van der Waals surface area contributed by atoms with Gasteiger partial charge >= 0.3 is 12.0 Å². The number of anilines is 1. The minimum atomic E-state index is -1.15. The molecule has 22 heavy (non-hydrogen) atoms. The van der Waals surface area contributed by atoms with Gasteiger partial charge in [-0.05, 0) is 44.7 Å². The van der Waals surface area contributed by atoms with E-state index in [9.17, 15) is 18.4 Å². The van der Waals surface area contributed by atoms with Crippen molar-refractivity contribution in [1.82, 2.24) is 5.32 Å². The second-order valence-electron chi connectivity index (χ2n) is 5.26. The van der Waals surface area contributed by atoms with Crippen LogP contribution < -0.4 is 10.6 Å². The molecule has 0 heterocycles. The van der Waals surface area contributed by atoms with E-state index in [1.165, 1.54) is 19.1 Å². The van der Waals surface area contributed by atoms with Gasteiger partial charge in [0.15, 0.2) is 11.6 Å². The van der Waals surface area contributed by atoms with E-state index < -0.39 is 29.7 Å². The van der Waals surface area contributed by atoms with Crippen LogP contribution >= 0.6 is 0 Å². The number of ether oxygens (including phenoxy) is 1. The lowest BCUT2D eigenvalue weighted by Gasteiger charge is -2.17. The number of esters is 1. The van der Waals surface area contributed by atoms with E-state index in [1.807, 2.05) is 0 Å². The van der Waals surface area contributed by atoms with Crippen LogP contribution in [0.4, 0.5) is 19.3 Å². The quantitative estimate of drug-likeness (QED) is 0.840. The van der Waals surface area contributed by atoms with Crippen LogP contribution in [0.15, 0.2) is 18.2 Å². The predicted octanol–water partition coefficient (Wildman–Crippen LogP) is 2.96. The lowest BCUT2D eigenvalue weighted by molar-refractivity contribution is -0.150. The van der Waals surface area contributed by atoms with Crippen molar-refractivity contribution in [3.8, 4) is 0 Å².